The molecule has 0 N–H and O–H groups in total. The molecule has 0 aliphatic heterocycles. The molecular weight excluding hydrogens is 129 g/mol. The Morgan fingerprint density at radius 1 is 1.44 bits per heavy atom. The zero-order chi connectivity index (χ0) is 7.49. The van der Waals surface area contributed by atoms with Gasteiger partial charge in [-0.05, 0) is 13.3 Å². The minimum Gasteiger partial charge on any atom is -0.167 e. The first kappa shape index (κ1) is 8.53. The summed E-state index contributed by atoms with van der Waals surface area (Å²) in [6.45, 7) is 3.16. The highest BCUT2D eigenvalue weighted by Crippen LogP contribution is 2.19. The highest BCUT2D eigenvalue weighted by molar-refractivity contribution is 5.00. The van der Waals surface area contributed by atoms with Crippen LogP contribution in [0.4, 0.5) is 13.2 Å². The van der Waals surface area contributed by atoms with Crippen LogP contribution < -0.4 is 0 Å². The van der Waals surface area contributed by atoms with Crippen LogP contribution in [0.5, 0.6) is 0 Å². The van der Waals surface area contributed by atoms with Crippen LogP contribution in [0.2, 0.25) is 0 Å². The summed E-state index contributed by atoms with van der Waals surface area (Å²) in [5, 5.41) is 0. The van der Waals surface area contributed by atoms with Crippen LogP contribution in [0.25, 0.3) is 0 Å². The summed E-state index contributed by atoms with van der Waals surface area (Å²) in [6, 6.07) is 0. The first-order valence-electron chi connectivity index (χ1n) is 2.70. The summed E-state index contributed by atoms with van der Waals surface area (Å²) in [5.74, 6) is 0. The van der Waals surface area contributed by atoms with Crippen molar-refractivity contribution in [2.45, 2.75) is 26.4 Å². The molecular formula is C6H9F3. The van der Waals surface area contributed by atoms with Crippen molar-refractivity contribution in [2.75, 3.05) is 0 Å². The predicted molar refractivity (Wildman–Crippen MR) is 30.1 cm³/mol. The molecule has 0 atom stereocenters. The van der Waals surface area contributed by atoms with Gasteiger partial charge >= 0.3 is 6.18 Å². The van der Waals surface area contributed by atoms with Crippen molar-refractivity contribution in [1.29, 1.82) is 0 Å². The maximum absolute atomic E-state index is 11.4. The molecule has 0 aromatic carbocycles. The molecule has 0 rings (SSSR count). The van der Waals surface area contributed by atoms with Gasteiger partial charge in [0.15, 0.2) is 0 Å². The normalized spacial score (nSPS) is 14.1. The molecule has 0 heterocycles. The van der Waals surface area contributed by atoms with Crippen LogP contribution in [0.1, 0.15) is 20.3 Å². The summed E-state index contributed by atoms with van der Waals surface area (Å²) in [4.78, 5) is 0. The van der Waals surface area contributed by atoms with Crippen molar-refractivity contribution in [1.82, 2.24) is 0 Å². The van der Waals surface area contributed by atoms with Gasteiger partial charge < -0.3 is 0 Å². The summed E-state index contributed by atoms with van der Waals surface area (Å²) >= 11 is 0. The van der Waals surface area contributed by atoms with E-state index in [9.17, 15) is 13.2 Å². The first-order valence-corrected chi connectivity index (χ1v) is 2.70. The fraction of sp³-hybridized carbons (Fsp3) is 0.667. The molecule has 0 aromatic heterocycles. The van der Waals surface area contributed by atoms with E-state index in [1.54, 1.807) is 6.92 Å². The van der Waals surface area contributed by atoms with E-state index in [1.807, 2.05) is 0 Å². The molecule has 0 unspecified atom stereocenters. The van der Waals surface area contributed by atoms with Crippen molar-refractivity contribution < 1.29 is 13.2 Å². The van der Waals surface area contributed by atoms with E-state index < -0.39 is 6.18 Å². The molecule has 0 bridgehead atoms. The molecule has 0 aliphatic rings. The van der Waals surface area contributed by atoms with Crippen molar-refractivity contribution in [3.63, 3.8) is 0 Å². The van der Waals surface area contributed by atoms with Crippen LogP contribution >= 0.6 is 0 Å². The number of hydrogen-bond donors (Lipinski definition) is 0. The molecule has 0 radical (unpaired) electrons. The van der Waals surface area contributed by atoms with Crippen molar-refractivity contribution >= 4 is 0 Å². The third-order valence-electron chi connectivity index (χ3n) is 0.968. The van der Waals surface area contributed by atoms with E-state index in [0.29, 0.717) is 18.1 Å². The van der Waals surface area contributed by atoms with Gasteiger partial charge in [0.2, 0.25) is 0 Å². The Bertz CT molecular complexity index is 110. The highest BCUT2D eigenvalue weighted by atomic mass is 19.4. The molecule has 0 amide bonds. The topological polar surface area (TPSA) is 0 Å². The van der Waals surface area contributed by atoms with E-state index in [4.69, 9.17) is 0 Å². The van der Waals surface area contributed by atoms with Gasteiger partial charge in [0, 0.05) is 6.08 Å². The van der Waals surface area contributed by atoms with E-state index in [-0.39, 0.29) is 0 Å². The van der Waals surface area contributed by atoms with Crippen LogP contribution in [-0.4, -0.2) is 6.18 Å². The predicted octanol–water partition coefficient (Wildman–Crippen LogP) is 2.91. The SMILES string of the molecule is CCC(C)=CC(F)(F)F. The molecule has 0 saturated heterocycles. The summed E-state index contributed by atoms with van der Waals surface area (Å²) in [6.07, 6.45) is -3.35. The number of alkyl halides is 3. The monoisotopic (exact) mass is 138 g/mol. The molecule has 0 aliphatic carbocycles. The Hall–Kier alpha value is -0.470. The quantitative estimate of drug-likeness (QED) is 0.489. The van der Waals surface area contributed by atoms with Crippen molar-refractivity contribution in [2.24, 2.45) is 0 Å². The van der Waals surface area contributed by atoms with E-state index in [1.165, 1.54) is 6.92 Å². The zero-order valence-corrected chi connectivity index (χ0v) is 5.42. The molecule has 0 nitrogen and oxygen atoms in total. The van der Waals surface area contributed by atoms with Crippen LogP contribution in [0.3, 0.4) is 0 Å². The van der Waals surface area contributed by atoms with E-state index >= 15 is 0 Å². The van der Waals surface area contributed by atoms with Crippen molar-refractivity contribution in [3.05, 3.63) is 11.6 Å². The number of halogens is 3. The second-order valence-corrected chi connectivity index (χ2v) is 1.89. The second-order valence-electron chi connectivity index (χ2n) is 1.89. The molecule has 0 aromatic rings. The standard InChI is InChI=1S/C6H9F3/c1-3-5(2)4-6(7,8)9/h4H,3H2,1-2H3. The lowest BCUT2D eigenvalue weighted by atomic mass is 10.2. The minimum atomic E-state index is -4.14. The lowest BCUT2D eigenvalue weighted by Gasteiger charge is -1.99. The fourth-order valence-electron chi connectivity index (χ4n) is 0.381. The van der Waals surface area contributed by atoms with Gasteiger partial charge in [0.25, 0.3) is 0 Å². The van der Waals surface area contributed by atoms with Crippen molar-refractivity contribution in [3.8, 4) is 0 Å². The fourth-order valence-corrected chi connectivity index (χ4v) is 0.381. The van der Waals surface area contributed by atoms with Gasteiger partial charge in [-0.3, -0.25) is 0 Å². The molecule has 3 heteroatoms. The van der Waals surface area contributed by atoms with Gasteiger partial charge in [0.05, 0.1) is 0 Å². The average molecular weight is 138 g/mol. The Labute approximate surface area is 52.4 Å². The molecule has 0 saturated carbocycles. The van der Waals surface area contributed by atoms with Gasteiger partial charge in [-0.1, -0.05) is 12.5 Å². The van der Waals surface area contributed by atoms with Gasteiger partial charge in [0.1, 0.15) is 0 Å². The highest BCUT2D eigenvalue weighted by Gasteiger charge is 2.22. The Kier molecular flexibility index (Phi) is 2.74. The molecule has 0 fully saturated rings. The van der Waals surface area contributed by atoms with Crippen LogP contribution in [-0.2, 0) is 0 Å². The zero-order valence-electron chi connectivity index (χ0n) is 5.42. The van der Waals surface area contributed by atoms with Gasteiger partial charge in [-0.2, -0.15) is 13.2 Å². The number of hydrogen-bond acceptors (Lipinski definition) is 0. The lowest BCUT2D eigenvalue weighted by Crippen LogP contribution is -2.01. The summed E-state index contributed by atoms with van der Waals surface area (Å²) in [5.41, 5.74) is 0.363. The maximum atomic E-state index is 11.4. The molecule has 54 valence electrons. The summed E-state index contributed by atoms with van der Waals surface area (Å²) < 4.78 is 34.2. The third kappa shape index (κ3) is 5.40. The average Bonchev–Trinajstić information content (AvgIpc) is 1.62. The smallest absolute Gasteiger partial charge is 0.167 e. The van der Waals surface area contributed by atoms with Crippen LogP contribution in [0, 0.1) is 0 Å². The van der Waals surface area contributed by atoms with Gasteiger partial charge in [-0.25, -0.2) is 0 Å². The van der Waals surface area contributed by atoms with Gasteiger partial charge in [-0.15, -0.1) is 0 Å². The van der Waals surface area contributed by atoms with E-state index in [0.717, 1.165) is 0 Å². The number of rotatable bonds is 1. The first-order chi connectivity index (χ1) is 3.95. The number of allylic oxidation sites excluding steroid dienone is 2. The molecule has 9 heavy (non-hydrogen) atoms. The largest absolute Gasteiger partial charge is 0.409 e. The summed E-state index contributed by atoms with van der Waals surface area (Å²) in [7, 11) is 0. The molecule has 0 spiro atoms. The Balaban J connectivity index is 3.95. The Morgan fingerprint density at radius 2 is 1.89 bits per heavy atom. The third-order valence-corrected chi connectivity index (χ3v) is 0.968. The maximum Gasteiger partial charge on any atom is 0.409 e. The second kappa shape index (κ2) is 2.90. The lowest BCUT2D eigenvalue weighted by molar-refractivity contribution is -0.0805. The minimum absolute atomic E-state index is 0.326. The van der Waals surface area contributed by atoms with Crippen LogP contribution in [0.15, 0.2) is 11.6 Å². The van der Waals surface area contributed by atoms with E-state index in [2.05, 4.69) is 0 Å². The Morgan fingerprint density at radius 3 is 2.00 bits per heavy atom.